The zero-order chi connectivity index (χ0) is 23.5. The topological polar surface area (TPSA) is 65.7 Å². The quantitative estimate of drug-likeness (QED) is 0.259. The summed E-state index contributed by atoms with van der Waals surface area (Å²) in [6, 6.07) is 2.02. The van der Waals surface area contributed by atoms with Crippen molar-refractivity contribution in [3.8, 4) is 0 Å². The Kier molecular flexibility index (Phi) is 10.3. The van der Waals surface area contributed by atoms with E-state index in [1.807, 2.05) is 18.4 Å². The maximum absolute atomic E-state index is 11.8. The van der Waals surface area contributed by atoms with Crippen LogP contribution in [-0.4, -0.2) is 11.9 Å². The molecule has 1 aromatic rings. The van der Waals surface area contributed by atoms with Crippen LogP contribution in [0.1, 0.15) is 78.7 Å². The van der Waals surface area contributed by atoms with E-state index in [4.69, 9.17) is 13.9 Å². The van der Waals surface area contributed by atoms with E-state index < -0.39 is 11.9 Å². The minimum absolute atomic E-state index is 0.193. The second-order valence-electron chi connectivity index (χ2n) is 8.65. The van der Waals surface area contributed by atoms with Crippen LogP contribution in [-0.2, 0) is 25.5 Å². The lowest BCUT2D eigenvalue weighted by Crippen LogP contribution is -2.02. The Balaban J connectivity index is 1.71. The molecule has 0 aromatic carbocycles. The number of carbonyl (C=O) groups is 2. The summed E-state index contributed by atoms with van der Waals surface area (Å²) in [5, 5.41) is 0. The van der Waals surface area contributed by atoms with E-state index in [1.165, 1.54) is 23.6 Å². The van der Waals surface area contributed by atoms with Crippen LogP contribution in [0.2, 0.25) is 0 Å². The summed E-state index contributed by atoms with van der Waals surface area (Å²) >= 11 is 0. The van der Waals surface area contributed by atoms with Crippen LogP contribution >= 0.6 is 0 Å². The Morgan fingerprint density at radius 2 is 1.81 bits per heavy atom. The third-order valence-electron chi connectivity index (χ3n) is 5.52. The fourth-order valence-electron chi connectivity index (χ4n) is 3.59. The number of carbonyl (C=O) groups excluding carboxylic acids is 2. The minimum Gasteiger partial charge on any atom is -0.472 e. The highest BCUT2D eigenvalue weighted by Crippen LogP contribution is 2.29. The van der Waals surface area contributed by atoms with Crippen molar-refractivity contribution >= 4 is 11.9 Å². The molecule has 0 bridgehead atoms. The van der Waals surface area contributed by atoms with Crippen LogP contribution in [0.3, 0.4) is 0 Å². The molecule has 0 radical (unpaired) electrons. The lowest BCUT2D eigenvalue weighted by molar-refractivity contribution is -0.137. The van der Waals surface area contributed by atoms with E-state index in [2.05, 4.69) is 32.9 Å². The Hall–Kier alpha value is -2.82. The molecule has 0 N–H and O–H groups in total. The molecule has 2 rings (SSSR count). The highest BCUT2D eigenvalue weighted by Gasteiger charge is 2.29. The first kappa shape index (κ1) is 25.4. The van der Waals surface area contributed by atoms with Gasteiger partial charge in [-0.15, -0.1) is 0 Å². The standard InChI is InChI=1S/C27H36O5/c1-19(9-6-10-20(2)12-8-14-24-15-16-30-18-24)11-7-13-21(3)17-25-26(31-23(5)28)22(4)27(29)32-25/h11-12,15-18,21H,6-10,13-14H2,1-5H3/b19-11-,20-12+,25-17-/t21-/m1/s1. The zero-order valence-electron chi connectivity index (χ0n) is 20.0. The van der Waals surface area contributed by atoms with Gasteiger partial charge in [0.15, 0.2) is 11.5 Å². The number of hydrogen-bond acceptors (Lipinski definition) is 5. The molecule has 0 spiro atoms. The van der Waals surface area contributed by atoms with Crippen molar-refractivity contribution < 1.29 is 23.5 Å². The first-order chi connectivity index (χ1) is 15.3. The van der Waals surface area contributed by atoms with Crippen molar-refractivity contribution in [1.82, 2.24) is 0 Å². The molecular formula is C27H36O5. The monoisotopic (exact) mass is 440 g/mol. The summed E-state index contributed by atoms with van der Waals surface area (Å²) in [5.74, 6) is -0.127. The number of ether oxygens (including phenoxy) is 2. The highest BCUT2D eigenvalue weighted by atomic mass is 16.6. The Labute approximate surface area is 191 Å². The van der Waals surface area contributed by atoms with Crippen molar-refractivity contribution in [3.05, 3.63) is 70.6 Å². The predicted octanol–water partition coefficient (Wildman–Crippen LogP) is 6.97. The van der Waals surface area contributed by atoms with Gasteiger partial charge in [-0.05, 0) is 89.3 Å². The van der Waals surface area contributed by atoms with Gasteiger partial charge in [-0.2, -0.15) is 0 Å². The largest absolute Gasteiger partial charge is 0.472 e. The van der Waals surface area contributed by atoms with Crippen molar-refractivity contribution in [1.29, 1.82) is 0 Å². The number of cyclic esters (lactones) is 1. The normalized spacial score (nSPS) is 17.2. The summed E-state index contributed by atoms with van der Waals surface area (Å²) in [6.07, 6.45) is 17.4. The van der Waals surface area contributed by atoms with Crippen molar-refractivity contribution in [2.45, 2.75) is 79.6 Å². The van der Waals surface area contributed by atoms with Gasteiger partial charge >= 0.3 is 11.9 Å². The van der Waals surface area contributed by atoms with E-state index in [9.17, 15) is 9.59 Å². The smallest absolute Gasteiger partial charge is 0.343 e. The van der Waals surface area contributed by atoms with Gasteiger partial charge in [-0.25, -0.2) is 4.79 Å². The molecule has 0 aliphatic carbocycles. The van der Waals surface area contributed by atoms with Gasteiger partial charge < -0.3 is 13.9 Å². The van der Waals surface area contributed by atoms with Crippen LogP contribution < -0.4 is 0 Å². The molecule has 0 unspecified atom stereocenters. The zero-order valence-corrected chi connectivity index (χ0v) is 20.0. The number of allylic oxidation sites excluding steroid dienone is 5. The fraction of sp³-hybridized carbons (Fsp3) is 0.481. The van der Waals surface area contributed by atoms with E-state index in [0.29, 0.717) is 11.3 Å². The molecule has 1 aromatic heterocycles. The molecule has 2 heterocycles. The molecule has 0 saturated heterocycles. The van der Waals surface area contributed by atoms with Crippen LogP contribution in [0, 0.1) is 5.92 Å². The second kappa shape index (κ2) is 12.9. The molecule has 1 aliphatic heterocycles. The minimum atomic E-state index is -0.460. The molecule has 0 amide bonds. The van der Waals surface area contributed by atoms with E-state index >= 15 is 0 Å². The van der Waals surface area contributed by atoms with Crippen LogP contribution in [0.25, 0.3) is 0 Å². The van der Waals surface area contributed by atoms with Gasteiger partial charge in [0.2, 0.25) is 0 Å². The van der Waals surface area contributed by atoms with Crippen LogP contribution in [0.5, 0.6) is 0 Å². The first-order valence-electron chi connectivity index (χ1n) is 11.4. The van der Waals surface area contributed by atoms with Crippen LogP contribution in [0.15, 0.2) is 69.5 Å². The number of rotatable bonds is 12. The second-order valence-corrected chi connectivity index (χ2v) is 8.65. The molecule has 32 heavy (non-hydrogen) atoms. The molecule has 5 heteroatoms. The van der Waals surface area contributed by atoms with E-state index in [1.54, 1.807) is 13.2 Å². The van der Waals surface area contributed by atoms with Gasteiger partial charge in [0.25, 0.3) is 0 Å². The van der Waals surface area contributed by atoms with Gasteiger partial charge in [-0.1, -0.05) is 30.2 Å². The molecule has 1 atom stereocenters. The van der Waals surface area contributed by atoms with E-state index in [0.717, 1.165) is 44.9 Å². The molecule has 5 nitrogen and oxygen atoms in total. The van der Waals surface area contributed by atoms with Gasteiger partial charge in [0.1, 0.15) is 0 Å². The first-order valence-corrected chi connectivity index (χ1v) is 11.4. The summed E-state index contributed by atoms with van der Waals surface area (Å²) in [6.45, 7) is 9.38. The van der Waals surface area contributed by atoms with E-state index in [-0.39, 0.29) is 11.7 Å². The summed E-state index contributed by atoms with van der Waals surface area (Å²) in [7, 11) is 0. The Morgan fingerprint density at radius 3 is 2.44 bits per heavy atom. The molecule has 0 saturated carbocycles. The van der Waals surface area contributed by atoms with Gasteiger partial charge in [0.05, 0.1) is 18.1 Å². The van der Waals surface area contributed by atoms with Crippen LogP contribution in [0.4, 0.5) is 0 Å². The van der Waals surface area contributed by atoms with Crippen molar-refractivity contribution in [2.75, 3.05) is 0 Å². The number of hydrogen-bond donors (Lipinski definition) is 0. The average Bonchev–Trinajstić information content (AvgIpc) is 3.32. The van der Waals surface area contributed by atoms with Gasteiger partial charge in [0, 0.05) is 6.92 Å². The van der Waals surface area contributed by atoms with Crippen molar-refractivity contribution in [3.63, 3.8) is 0 Å². The van der Waals surface area contributed by atoms with Crippen molar-refractivity contribution in [2.24, 2.45) is 5.92 Å². The molecule has 174 valence electrons. The Bertz CT molecular complexity index is 896. The molecule has 0 fully saturated rings. The Morgan fingerprint density at radius 1 is 1.12 bits per heavy atom. The highest BCUT2D eigenvalue weighted by molar-refractivity contribution is 5.94. The maximum Gasteiger partial charge on any atom is 0.343 e. The average molecular weight is 441 g/mol. The third-order valence-corrected chi connectivity index (χ3v) is 5.52. The predicted molar refractivity (Wildman–Crippen MR) is 125 cm³/mol. The summed E-state index contributed by atoms with van der Waals surface area (Å²) in [5.41, 5.74) is 4.43. The number of furan rings is 1. The maximum atomic E-state index is 11.8. The van der Waals surface area contributed by atoms with Gasteiger partial charge in [-0.3, -0.25) is 4.79 Å². The molecular weight excluding hydrogens is 404 g/mol. The lowest BCUT2D eigenvalue weighted by atomic mass is 10.0. The fourth-order valence-corrected chi connectivity index (χ4v) is 3.59. The number of esters is 2. The number of aryl methyl sites for hydroxylation is 1. The SMILES string of the molecule is CC(=O)OC1=C(C)C(=O)O/C1=C\[C@H](C)CC/C=C(/C)CCC/C(C)=C/CCc1ccoc1. The lowest BCUT2D eigenvalue weighted by Gasteiger charge is -2.09. The summed E-state index contributed by atoms with van der Waals surface area (Å²) in [4.78, 5) is 23.1. The summed E-state index contributed by atoms with van der Waals surface area (Å²) < 4.78 is 15.5. The third kappa shape index (κ3) is 8.74. The molecule has 1 aliphatic rings.